The lowest BCUT2D eigenvalue weighted by molar-refractivity contribution is 0.411. The van der Waals surface area contributed by atoms with E-state index in [1.807, 2.05) is 36.6 Å². The van der Waals surface area contributed by atoms with Crippen LogP contribution in [-0.2, 0) is 11.5 Å². The molecular formula is C18H19N3O2S2. The third kappa shape index (κ3) is 5.11. The third-order valence-electron chi connectivity index (χ3n) is 3.38. The molecule has 3 rings (SSSR count). The van der Waals surface area contributed by atoms with Crippen LogP contribution < -0.4 is 10.2 Å². The highest BCUT2D eigenvalue weighted by Gasteiger charge is 2.05. The van der Waals surface area contributed by atoms with E-state index in [-0.39, 0.29) is 0 Å². The fourth-order valence-corrected chi connectivity index (χ4v) is 3.77. The molecule has 7 heteroatoms. The van der Waals surface area contributed by atoms with Crippen LogP contribution in [0, 0.1) is 6.92 Å². The molecule has 2 heterocycles. The molecule has 5 nitrogen and oxygen atoms in total. The Morgan fingerprint density at radius 3 is 3.00 bits per heavy atom. The second-order valence-electron chi connectivity index (χ2n) is 5.31. The summed E-state index contributed by atoms with van der Waals surface area (Å²) < 4.78 is 10.8. The van der Waals surface area contributed by atoms with Gasteiger partial charge in [-0.05, 0) is 42.8 Å². The van der Waals surface area contributed by atoms with Crippen LogP contribution in [0.5, 0.6) is 5.75 Å². The first-order chi connectivity index (χ1) is 12.2. The number of hydrogen-bond acceptors (Lipinski definition) is 7. The number of nitrogens with zero attached hydrogens (tertiary/aromatic N) is 2. The maximum atomic E-state index is 5.46. The van der Waals surface area contributed by atoms with Crippen molar-refractivity contribution < 1.29 is 9.15 Å². The summed E-state index contributed by atoms with van der Waals surface area (Å²) in [6.07, 6.45) is 3.49. The largest absolute Gasteiger partial charge is 0.496 e. The Morgan fingerprint density at radius 2 is 2.28 bits per heavy atom. The molecule has 0 aliphatic carbocycles. The van der Waals surface area contributed by atoms with Crippen molar-refractivity contribution >= 4 is 34.4 Å². The SMILES string of the molecule is COc1ccc(C=NNc2nc(C)cs2)cc1CSCc1ccco1. The Hall–Kier alpha value is -2.25. The van der Waals surface area contributed by atoms with Crippen LogP contribution in [-0.4, -0.2) is 18.3 Å². The minimum absolute atomic E-state index is 0.788. The molecule has 0 aliphatic rings. The first kappa shape index (κ1) is 17.6. The molecule has 25 heavy (non-hydrogen) atoms. The van der Waals surface area contributed by atoms with Crippen LogP contribution in [0.2, 0.25) is 0 Å². The molecule has 1 aromatic carbocycles. The molecule has 0 unspecified atom stereocenters. The van der Waals surface area contributed by atoms with Crippen molar-refractivity contribution in [3.8, 4) is 5.75 Å². The van der Waals surface area contributed by atoms with Crippen molar-refractivity contribution in [3.63, 3.8) is 0 Å². The van der Waals surface area contributed by atoms with Crippen molar-refractivity contribution in [2.45, 2.75) is 18.4 Å². The number of hydrogen-bond donors (Lipinski definition) is 1. The van der Waals surface area contributed by atoms with E-state index in [1.54, 1.807) is 31.3 Å². The van der Waals surface area contributed by atoms with Gasteiger partial charge in [0.1, 0.15) is 11.5 Å². The molecular weight excluding hydrogens is 354 g/mol. The highest BCUT2D eigenvalue weighted by molar-refractivity contribution is 7.97. The summed E-state index contributed by atoms with van der Waals surface area (Å²) in [4.78, 5) is 4.31. The molecule has 0 aliphatic heterocycles. The topological polar surface area (TPSA) is 59.6 Å². The number of aryl methyl sites for hydroxylation is 1. The Bertz CT molecular complexity index is 829. The van der Waals surface area contributed by atoms with Gasteiger partial charge in [-0.25, -0.2) is 4.98 Å². The third-order valence-corrected chi connectivity index (χ3v) is 5.25. The van der Waals surface area contributed by atoms with E-state index < -0.39 is 0 Å². The molecule has 0 bridgehead atoms. The van der Waals surface area contributed by atoms with E-state index in [1.165, 1.54) is 11.3 Å². The summed E-state index contributed by atoms with van der Waals surface area (Å²) in [5.74, 6) is 3.53. The van der Waals surface area contributed by atoms with Crippen LogP contribution in [0.1, 0.15) is 22.6 Å². The van der Waals surface area contributed by atoms with Crippen molar-refractivity contribution in [1.29, 1.82) is 0 Å². The average molecular weight is 374 g/mol. The Morgan fingerprint density at radius 1 is 1.36 bits per heavy atom. The van der Waals surface area contributed by atoms with Gasteiger partial charge in [0.05, 0.1) is 31.0 Å². The standard InChI is InChI=1S/C18H19N3O2S2/c1-13-10-25-18(20-13)21-19-9-14-5-6-17(22-2)15(8-14)11-24-12-16-4-3-7-23-16/h3-10H,11-12H2,1-2H3,(H,20,21). The summed E-state index contributed by atoms with van der Waals surface area (Å²) in [6, 6.07) is 9.94. The van der Waals surface area contributed by atoms with Crippen molar-refractivity contribution in [2.24, 2.45) is 5.10 Å². The number of methoxy groups -OCH3 is 1. The molecule has 2 aromatic heterocycles. The number of rotatable bonds is 8. The lowest BCUT2D eigenvalue weighted by Gasteiger charge is -2.09. The predicted molar refractivity (Wildman–Crippen MR) is 105 cm³/mol. The summed E-state index contributed by atoms with van der Waals surface area (Å²) >= 11 is 3.32. The lowest BCUT2D eigenvalue weighted by Crippen LogP contribution is -1.95. The first-order valence-corrected chi connectivity index (χ1v) is 9.76. The fourth-order valence-electron chi connectivity index (χ4n) is 2.22. The van der Waals surface area contributed by atoms with Gasteiger partial charge in [0.25, 0.3) is 0 Å². The van der Waals surface area contributed by atoms with Crippen LogP contribution in [0.25, 0.3) is 0 Å². The number of thiazole rings is 1. The number of benzene rings is 1. The molecule has 0 radical (unpaired) electrons. The van der Waals surface area contributed by atoms with E-state index in [0.29, 0.717) is 0 Å². The quantitative estimate of drug-likeness (QED) is 0.448. The van der Waals surface area contributed by atoms with E-state index in [4.69, 9.17) is 9.15 Å². The number of furan rings is 1. The molecule has 0 saturated carbocycles. The number of thioether (sulfide) groups is 1. The molecule has 0 saturated heterocycles. The second-order valence-corrected chi connectivity index (χ2v) is 7.15. The summed E-state index contributed by atoms with van der Waals surface area (Å²) in [6.45, 7) is 1.96. The van der Waals surface area contributed by atoms with E-state index in [9.17, 15) is 0 Å². The number of anilines is 1. The zero-order valence-electron chi connectivity index (χ0n) is 14.1. The van der Waals surface area contributed by atoms with Gasteiger partial charge >= 0.3 is 0 Å². The van der Waals surface area contributed by atoms with Crippen molar-refractivity contribution in [1.82, 2.24) is 4.98 Å². The zero-order valence-corrected chi connectivity index (χ0v) is 15.7. The highest BCUT2D eigenvalue weighted by atomic mass is 32.2. The van der Waals surface area contributed by atoms with Crippen molar-refractivity contribution in [2.75, 3.05) is 12.5 Å². The minimum Gasteiger partial charge on any atom is -0.496 e. The summed E-state index contributed by atoms with van der Waals surface area (Å²) in [5, 5.41) is 7.03. The molecule has 0 amide bonds. The second kappa shape index (κ2) is 8.73. The maximum absolute atomic E-state index is 5.46. The maximum Gasteiger partial charge on any atom is 0.203 e. The van der Waals surface area contributed by atoms with E-state index in [0.717, 1.165) is 45.0 Å². The van der Waals surface area contributed by atoms with Gasteiger partial charge < -0.3 is 9.15 Å². The molecule has 1 N–H and O–H groups in total. The van der Waals surface area contributed by atoms with Crippen LogP contribution >= 0.6 is 23.1 Å². The van der Waals surface area contributed by atoms with Gasteiger partial charge in [-0.3, -0.25) is 5.43 Å². The minimum atomic E-state index is 0.788. The first-order valence-electron chi connectivity index (χ1n) is 7.73. The van der Waals surface area contributed by atoms with E-state index >= 15 is 0 Å². The van der Waals surface area contributed by atoms with Crippen LogP contribution in [0.15, 0.2) is 51.5 Å². The Balaban J connectivity index is 1.62. The average Bonchev–Trinajstić information content (AvgIpc) is 3.27. The molecule has 130 valence electrons. The summed E-state index contributed by atoms with van der Waals surface area (Å²) in [5.41, 5.74) is 6.08. The van der Waals surface area contributed by atoms with Crippen molar-refractivity contribution in [3.05, 3.63) is 64.6 Å². The molecule has 0 fully saturated rings. The molecule has 3 aromatic rings. The predicted octanol–water partition coefficient (Wildman–Crippen LogP) is 4.93. The van der Waals surface area contributed by atoms with E-state index in [2.05, 4.69) is 21.6 Å². The van der Waals surface area contributed by atoms with Gasteiger partial charge in [-0.1, -0.05) is 0 Å². The normalized spacial score (nSPS) is 11.1. The number of ether oxygens (including phenoxy) is 1. The number of hydrazone groups is 1. The Kier molecular flexibility index (Phi) is 6.14. The van der Waals surface area contributed by atoms with Gasteiger partial charge in [0.15, 0.2) is 0 Å². The Labute approximate surface area is 155 Å². The summed E-state index contributed by atoms with van der Waals surface area (Å²) in [7, 11) is 1.69. The fraction of sp³-hybridized carbons (Fsp3) is 0.222. The van der Waals surface area contributed by atoms with Crippen LogP contribution in [0.4, 0.5) is 5.13 Å². The lowest BCUT2D eigenvalue weighted by atomic mass is 10.1. The highest BCUT2D eigenvalue weighted by Crippen LogP contribution is 2.26. The number of aromatic nitrogens is 1. The number of nitrogens with one attached hydrogen (secondary N) is 1. The van der Waals surface area contributed by atoms with Gasteiger partial charge in [0.2, 0.25) is 5.13 Å². The molecule has 0 spiro atoms. The monoisotopic (exact) mass is 373 g/mol. The van der Waals surface area contributed by atoms with Gasteiger partial charge in [0, 0.05) is 16.7 Å². The molecule has 0 atom stereocenters. The van der Waals surface area contributed by atoms with Gasteiger partial charge in [-0.2, -0.15) is 5.10 Å². The van der Waals surface area contributed by atoms with Crippen LogP contribution in [0.3, 0.4) is 0 Å². The smallest absolute Gasteiger partial charge is 0.203 e. The van der Waals surface area contributed by atoms with Gasteiger partial charge in [-0.15, -0.1) is 23.1 Å². The zero-order chi connectivity index (χ0) is 17.5.